The maximum absolute atomic E-state index is 4.89. The summed E-state index contributed by atoms with van der Waals surface area (Å²) in [5.41, 5.74) is 4.96. The third-order valence-corrected chi connectivity index (χ3v) is 4.35. The van der Waals surface area contributed by atoms with Crippen molar-refractivity contribution in [3.05, 3.63) is 60.7 Å². The maximum atomic E-state index is 4.89. The third kappa shape index (κ3) is 1.45. The van der Waals surface area contributed by atoms with Crippen LogP contribution in [0.25, 0.3) is 43.9 Å². The summed E-state index contributed by atoms with van der Waals surface area (Å²) < 4.78 is 2.12. The van der Waals surface area contributed by atoms with Crippen LogP contribution in [0.15, 0.2) is 60.7 Å². The van der Waals surface area contributed by atoms with Crippen molar-refractivity contribution in [3.8, 4) is 0 Å². The van der Waals surface area contributed by atoms with Crippen LogP contribution in [0.2, 0.25) is 0 Å². The molecule has 0 aliphatic carbocycles. The van der Waals surface area contributed by atoms with Gasteiger partial charge in [-0.15, -0.1) is 0 Å². The van der Waals surface area contributed by atoms with E-state index in [1.54, 1.807) is 0 Å². The molecule has 0 radical (unpaired) electrons. The number of benzene rings is 3. The van der Waals surface area contributed by atoms with Crippen molar-refractivity contribution in [3.63, 3.8) is 0 Å². The molecule has 0 bridgehead atoms. The van der Waals surface area contributed by atoms with E-state index in [1.165, 1.54) is 10.8 Å². The van der Waals surface area contributed by atoms with Gasteiger partial charge in [0.1, 0.15) is 5.52 Å². The SMILES string of the molecule is Cn1c2ccccc2c2nc3cc4ccccc4cc3nc21. The predicted octanol–water partition coefficient (Wildman–Crippen LogP) is 4.43. The first-order valence-electron chi connectivity index (χ1n) is 7.35. The van der Waals surface area contributed by atoms with Crippen LogP contribution in [0.5, 0.6) is 0 Å². The minimum absolute atomic E-state index is 0.934. The first-order chi connectivity index (χ1) is 10.8. The van der Waals surface area contributed by atoms with Gasteiger partial charge in [-0.1, -0.05) is 42.5 Å². The highest BCUT2D eigenvalue weighted by Crippen LogP contribution is 2.28. The quantitative estimate of drug-likeness (QED) is 0.394. The Kier molecular flexibility index (Phi) is 2.15. The van der Waals surface area contributed by atoms with Crippen LogP contribution in [-0.2, 0) is 7.05 Å². The predicted molar refractivity (Wildman–Crippen MR) is 91.0 cm³/mol. The summed E-state index contributed by atoms with van der Waals surface area (Å²) in [5.74, 6) is 0. The molecule has 3 nitrogen and oxygen atoms in total. The average Bonchev–Trinajstić information content (AvgIpc) is 2.84. The molecular weight excluding hydrogens is 270 g/mol. The van der Waals surface area contributed by atoms with Crippen LogP contribution in [0, 0.1) is 0 Å². The highest BCUT2D eigenvalue weighted by molar-refractivity contribution is 6.07. The zero-order valence-corrected chi connectivity index (χ0v) is 12.1. The van der Waals surface area contributed by atoms with Gasteiger partial charge in [-0.25, -0.2) is 9.97 Å². The zero-order chi connectivity index (χ0) is 14.7. The molecule has 0 unspecified atom stereocenters. The summed E-state index contributed by atoms with van der Waals surface area (Å²) in [6.45, 7) is 0. The Hall–Kier alpha value is -2.94. The molecule has 104 valence electrons. The number of rotatable bonds is 0. The van der Waals surface area contributed by atoms with E-state index >= 15 is 0 Å². The van der Waals surface area contributed by atoms with E-state index in [0.29, 0.717) is 0 Å². The van der Waals surface area contributed by atoms with Crippen molar-refractivity contribution in [2.24, 2.45) is 7.05 Å². The van der Waals surface area contributed by atoms with Crippen molar-refractivity contribution >= 4 is 43.9 Å². The molecule has 0 aliphatic heterocycles. The Morgan fingerprint density at radius 1 is 0.773 bits per heavy atom. The number of hydrogen-bond acceptors (Lipinski definition) is 2. The molecule has 0 saturated carbocycles. The Labute approximate surface area is 126 Å². The number of aryl methyl sites for hydroxylation is 1. The van der Waals surface area contributed by atoms with Gasteiger partial charge in [0.25, 0.3) is 0 Å². The van der Waals surface area contributed by atoms with E-state index in [2.05, 4.69) is 59.2 Å². The van der Waals surface area contributed by atoms with E-state index in [-0.39, 0.29) is 0 Å². The minimum atomic E-state index is 0.934. The molecular formula is C19H13N3. The largest absolute Gasteiger partial charge is 0.327 e. The second-order valence-corrected chi connectivity index (χ2v) is 5.66. The molecule has 2 heterocycles. The van der Waals surface area contributed by atoms with E-state index in [4.69, 9.17) is 9.97 Å². The van der Waals surface area contributed by atoms with Crippen molar-refractivity contribution in [2.45, 2.75) is 0 Å². The van der Waals surface area contributed by atoms with E-state index in [9.17, 15) is 0 Å². The summed E-state index contributed by atoms with van der Waals surface area (Å²) in [5, 5.41) is 3.55. The summed E-state index contributed by atoms with van der Waals surface area (Å²) in [7, 11) is 2.05. The molecule has 0 saturated heterocycles. The van der Waals surface area contributed by atoms with Crippen molar-refractivity contribution in [1.82, 2.24) is 14.5 Å². The van der Waals surface area contributed by atoms with Gasteiger partial charge in [0.15, 0.2) is 5.65 Å². The van der Waals surface area contributed by atoms with Gasteiger partial charge in [0, 0.05) is 12.4 Å². The fourth-order valence-corrected chi connectivity index (χ4v) is 3.23. The Balaban J connectivity index is 2.02. The molecule has 0 aliphatic rings. The van der Waals surface area contributed by atoms with Gasteiger partial charge in [0.2, 0.25) is 0 Å². The Morgan fingerprint density at radius 3 is 2.18 bits per heavy atom. The zero-order valence-electron chi connectivity index (χ0n) is 12.1. The van der Waals surface area contributed by atoms with Crippen molar-refractivity contribution in [1.29, 1.82) is 0 Å². The van der Waals surface area contributed by atoms with E-state index in [0.717, 1.165) is 33.1 Å². The summed E-state index contributed by atoms with van der Waals surface area (Å²) in [4.78, 5) is 9.76. The van der Waals surface area contributed by atoms with Crippen LogP contribution in [0.1, 0.15) is 0 Å². The molecule has 0 amide bonds. The van der Waals surface area contributed by atoms with Gasteiger partial charge in [0.05, 0.1) is 16.6 Å². The summed E-state index contributed by atoms with van der Waals surface area (Å²) in [6.07, 6.45) is 0. The van der Waals surface area contributed by atoms with Crippen LogP contribution in [-0.4, -0.2) is 14.5 Å². The van der Waals surface area contributed by atoms with Gasteiger partial charge < -0.3 is 4.57 Å². The van der Waals surface area contributed by atoms with E-state index < -0.39 is 0 Å². The van der Waals surface area contributed by atoms with Crippen LogP contribution in [0.4, 0.5) is 0 Å². The van der Waals surface area contributed by atoms with Gasteiger partial charge >= 0.3 is 0 Å². The minimum Gasteiger partial charge on any atom is -0.327 e. The highest BCUT2D eigenvalue weighted by Gasteiger charge is 2.12. The molecule has 3 heteroatoms. The molecule has 0 spiro atoms. The number of para-hydroxylation sites is 1. The van der Waals surface area contributed by atoms with Crippen LogP contribution < -0.4 is 0 Å². The van der Waals surface area contributed by atoms with Gasteiger partial charge in [-0.3, -0.25) is 0 Å². The molecule has 5 aromatic rings. The lowest BCUT2D eigenvalue weighted by Gasteiger charge is -2.02. The first-order valence-corrected chi connectivity index (χ1v) is 7.35. The Bertz CT molecular complexity index is 1190. The van der Waals surface area contributed by atoms with Crippen LogP contribution in [0.3, 0.4) is 0 Å². The smallest absolute Gasteiger partial charge is 0.160 e. The monoisotopic (exact) mass is 283 g/mol. The molecule has 0 fully saturated rings. The average molecular weight is 283 g/mol. The summed E-state index contributed by atoms with van der Waals surface area (Å²) in [6, 6.07) is 20.9. The molecule has 0 N–H and O–H groups in total. The molecule has 0 atom stereocenters. The Morgan fingerprint density at radius 2 is 1.41 bits per heavy atom. The second-order valence-electron chi connectivity index (χ2n) is 5.66. The maximum Gasteiger partial charge on any atom is 0.160 e. The first kappa shape index (κ1) is 11.7. The molecule has 22 heavy (non-hydrogen) atoms. The van der Waals surface area contributed by atoms with Crippen molar-refractivity contribution in [2.75, 3.05) is 0 Å². The normalized spacial score (nSPS) is 11.9. The van der Waals surface area contributed by atoms with Crippen molar-refractivity contribution < 1.29 is 0 Å². The number of nitrogens with zero attached hydrogens (tertiary/aromatic N) is 3. The second kappa shape index (κ2) is 4.04. The summed E-state index contributed by atoms with van der Waals surface area (Å²) >= 11 is 0. The van der Waals surface area contributed by atoms with Gasteiger partial charge in [-0.2, -0.15) is 0 Å². The van der Waals surface area contributed by atoms with E-state index in [1.807, 2.05) is 13.1 Å². The lowest BCUT2D eigenvalue weighted by molar-refractivity contribution is 0.992. The lowest BCUT2D eigenvalue weighted by Crippen LogP contribution is -1.92. The molecule has 3 aromatic carbocycles. The number of aromatic nitrogens is 3. The highest BCUT2D eigenvalue weighted by atomic mass is 15.0. The molecule has 2 aromatic heterocycles. The third-order valence-electron chi connectivity index (χ3n) is 4.35. The standard InChI is InChI=1S/C19H13N3/c1-22-17-9-5-4-8-14(17)18-19(22)21-16-11-13-7-3-2-6-12(13)10-15(16)20-18/h2-11H,1H3. The fraction of sp³-hybridized carbons (Fsp3) is 0.0526. The number of hydrogen-bond donors (Lipinski definition) is 0. The fourth-order valence-electron chi connectivity index (χ4n) is 3.23. The van der Waals surface area contributed by atoms with Gasteiger partial charge in [-0.05, 0) is 29.0 Å². The molecule has 5 rings (SSSR count). The topological polar surface area (TPSA) is 30.7 Å². The van der Waals surface area contributed by atoms with Crippen LogP contribution >= 0.6 is 0 Å². The lowest BCUT2D eigenvalue weighted by atomic mass is 10.1. The number of fused-ring (bicyclic) bond motifs is 5.